The molecule has 7 heteroatoms. The van der Waals surface area contributed by atoms with Gasteiger partial charge in [-0.15, -0.1) is 0 Å². The molecule has 1 N–H and O–H groups in total. The molecule has 0 unspecified atom stereocenters. The van der Waals surface area contributed by atoms with Crippen LogP contribution in [0.15, 0.2) is 35.0 Å². The van der Waals surface area contributed by atoms with Crippen LogP contribution in [0.25, 0.3) is 11.0 Å². The van der Waals surface area contributed by atoms with Gasteiger partial charge in [-0.05, 0) is 12.1 Å². The molecule has 1 heterocycles. The molecule has 0 radical (unpaired) electrons. The molecule has 1 aromatic carbocycles. The second kappa shape index (κ2) is 6.24. The van der Waals surface area contributed by atoms with E-state index in [-0.39, 0.29) is 31.0 Å². The number of nitrogens with zero attached hydrogens (tertiary/aromatic N) is 1. The number of benzene rings is 1. The van der Waals surface area contributed by atoms with Gasteiger partial charge in [-0.1, -0.05) is 17.3 Å². The fraction of sp³-hybridized carbons (Fsp3) is 0.125. The minimum Gasteiger partial charge on any atom is -1.00 e. The zero-order valence-corrected chi connectivity index (χ0v) is 11.2. The standard InChI is InChI=1S/C7H5NO.CH4O3S.Na.H/c1-2-4-7-6(3-1)5-8-9-7;1-5(2,3)4;;/h1-5H;1H3,(H,2,3,4);;/q;;+1;-1. The Balaban J connectivity index is 0. The number of fused-ring (bicyclic) bond motifs is 1. The SMILES string of the molecule is CS(=O)(=O)O.[H-].[Na+].c1ccc2oncc2c1. The van der Waals surface area contributed by atoms with Crippen LogP contribution in [0.1, 0.15) is 1.43 Å². The van der Waals surface area contributed by atoms with Crippen LogP contribution < -0.4 is 29.6 Å². The van der Waals surface area contributed by atoms with Crippen molar-refractivity contribution in [2.45, 2.75) is 0 Å². The van der Waals surface area contributed by atoms with Crippen LogP contribution in [0.2, 0.25) is 0 Å². The maximum absolute atomic E-state index is 9.19. The van der Waals surface area contributed by atoms with E-state index in [1.54, 1.807) is 6.20 Å². The third-order valence-corrected chi connectivity index (χ3v) is 1.26. The second-order valence-electron chi connectivity index (χ2n) is 2.60. The molecular weight excluding hydrogens is 229 g/mol. The molecule has 15 heavy (non-hydrogen) atoms. The van der Waals surface area contributed by atoms with E-state index >= 15 is 0 Å². The van der Waals surface area contributed by atoms with Crippen LogP contribution in [-0.2, 0) is 10.1 Å². The van der Waals surface area contributed by atoms with E-state index < -0.39 is 10.1 Å². The zero-order valence-electron chi connectivity index (χ0n) is 9.41. The number of hydrogen-bond donors (Lipinski definition) is 1. The first-order valence-electron chi connectivity index (χ1n) is 3.69. The molecule has 78 valence electrons. The van der Waals surface area contributed by atoms with Gasteiger partial charge >= 0.3 is 29.6 Å². The summed E-state index contributed by atoms with van der Waals surface area (Å²) < 4.78 is 30.7. The quantitative estimate of drug-likeness (QED) is 0.444. The molecule has 0 aliphatic heterocycles. The minimum atomic E-state index is -3.67. The summed E-state index contributed by atoms with van der Waals surface area (Å²) in [5.74, 6) is 0. The Labute approximate surface area is 111 Å². The van der Waals surface area contributed by atoms with Gasteiger partial charge in [0.05, 0.1) is 12.5 Å². The fourth-order valence-corrected chi connectivity index (χ4v) is 0.810. The largest absolute Gasteiger partial charge is 1.00 e. The van der Waals surface area contributed by atoms with Gasteiger partial charge in [0, 0.05) is 5.39 Å². The molecule has 0 aliphatic carbocycles. The van der Waals surface area contributed by atoms with Crippen molar-refractivity contribution in [2.75, 3.05) is 6.26 Å². The molecule has 2 rings (SSSR count). The molecule has 0 bridgehead atoms. The minimum absolute atomic E-state index is 0. The summed E-state index contributed by atoms with van der Waals surface area (Å²) in [6.07, 6.45) is 2.42. The number of para-hydroxylation sites is 1. The van der Waals surface area contributed by atoms with Crippen molar-refractivity contribution in [3.05, 3.63) is 30.5 Å². The van der Waals surface area contributed by atoms with Gasteiger partial charge in [-0.2, -0.15) is 8.42 Å². The monoisotopic (exact) mass is 239 g/mol. The summed E-state index contributed by atoms with van der Waals surface area (Å²) >= 11 is 0. The van der Waals surface area contributed by atoms with Crippen molar-refractivity contribution >= 4 is 21.1 Å². The van der Waals surface area contributed by atoms with Gasteiger partial charge in [0.25, 0.3) is 10.1 Å². The number of aromatic nitrogens is 1. The van der Waals surface area contributed by atoms with Crippen molar-refractivity contribution in [1.82, 2.24) is 5.16 Å². The van der Waals surface area contributed by atoms with E-state index in [1.807, 2.05) is 24.3 Å². The van der Waals surface area contributed by atoms with E-state index in [0.29, 0.717) is 6.26 Å². The Morgan fingerprint density at radius 3 is 2.47 bits per heavy atom. The Kier molecular flexibility index (Phi) is 6.07. The predicted molar refractivity (Wildman–Crippen MR) is 52.6 cm³/mol. The Morgan fingerprint density at radius 2 is 1.93 bits per heavy atom. The Hall–Kier alpha value is -0.400. The third kappa shape index (κ3) is 6.64. The van der Waals surface area contributed by atoms with Gasteiger partial charge in [0.2, 0.25) is 0 Å². The smallest absolute Gasteiger partial charge is 1.00 e. The van der Waals surface area contributed by atoms with Crippen molar-refractivity contribution in [1.29, 1.82) is 0 Å². The summed E-state index contributed by atoms with van der Waals surface area (Å²) in [6.45, 7) is 0. The summed E-state index contributed by atoms with van der Waals surface area (Å²) in [6, 6.07) is 7.74. The zero-order chi connectivity index (χ0) is 10.6. The van der Waals surface area contributed by atoms with Gasteiger partial charge in [-0.25, -0.2) is 0 Å². The molecule has 2 aromatic rings. The molecule has 0 spiro atoms. The van der Waals surface area contributed by atoms with Crippen molar-refractivity contribution in [2.24, 2.45) is 0 Å². The van der Waals surface area contributed by atoms with Crippen LogP contribution in [0.4, 0.5) is 0 Å². The first kappa shape index (κ1) is 14.6. The third-order valence-electron chi connectivity index (χ3n) is 1.26. The molecule has 0 saturated heterocycles. The average molecular weight is 239 g/mol. The van der Waals surface area contributed by atoms with Crippen molar-refractivity contribution < 1.29 is 48.5 Å². The van der Waals surface area contributed by atoms with E-state index in [2.05, 4.69) is 5.16 Å². The average Bonchev–Trinajstić information content (AvgIpc) is 2.47. The normalized spacial score (nSPS) is 10.0. The first-order chi connectivity index (χ1) is 6.47. The van der Waals surface area contributed by atoms with Crippen LogP contribution in [-0.4, -0.2) is 24.4 Å². The van der Waals surface area contributed by atoms with Gasteiger partial charge in [0.15, 0.2) is 5.58 Å². The molecule has 0 fully saturated rings. The van der Waals surface area contributed by atoms with E-state index in [1.165, 1.54) is 0 Å². The van der Waals surface area contributed by atoms with Crippen molar-refractivity contribution in [3.63, 3.8) is 0 Å². The molecule has 0 amide bonds. The summed E-state index contributed by atoms with van der Waals surface area (Å²) in [5.41, 5.74) is 0.845. The molecular formula is C8H10NNaO4S. The molecule has 0 saturated carbocycles. The van der Waals surface area contributed by atoms with Crippen LogP contribution in [0.5, 0.6) is 0 Å². The fourth-order valence-electron chi connectivity index (χ4n) is 0.810. The molecule has 0 atom stereocenters. The van der Waals surface area contributed by atoms with Gasteiger partial charge in [0.1, 0.15) is 0 Å². The Bertz CT molecular complexity index is 475. The molecule has 5 nitrogen and oxygen atoms in total. The first-order valence-corrected chi connectivity index (χ1v) is 5.53. The number of rotatable bonds is 0. The van der Waals surface area contributed by atoms with E-state index in [0.717, 1.165) is 11.0 Å². The summed E-state index contributed by atoms with van der Waals surface area (Å²) in [5, 5.41) is 4.68. The topological polar surface area (TPSA) is 80.4 Å². The second-order valence-corrected chi connectivity index (χ2v) is 4.06. The van der Waals surface area contributed by atoms with E-state index in [4.69, 9.17) is 9.08 Å². The van der Waals surface area contributed by atoms with E-state index in [9.17, 15) is 8.42 Å². The predicted octanol–water partition coefficient (Wildman–Crippen LogP) is -1.55. The number of hydrogen-bond acceptors (Lipinski definition) is 4. The maximum atomic E-state index is 9.19. The molecule has 0 aliphatic rings. The van der Waals surface area contributed by atoms with Gasteiger partial charge < -0.3 is 5.95 Å². The maximum Gasteiger partial charge on any atom is 1.00 e. The summed E-state index contributed by atoms with van der Waals surface area (Å²) in [7, 11) is -3.67. The van der Waals surface area contributed by atoms with Crippen LogP contribution in [0, 0.1) is 0 Å². The molecule has 1 aromatic heterocycles. The van der Waals surface area contributed by atoms with Crippen LogP contribution in [0.3, 0.4) is 0 Å². The summed E-state index contributed by atoms with van der Waals surface area (Å²) in [4.78, 5) is 0. The van der Waals surface area contributed by atoms with Gasteiger partial charge in [-0.3, -0.25) is 4.55 Å². The van der Waals surface area contributed by atoms with Crippen LogP contribution >= 0.6 is 0 Å². The Morgan fingerprint density at radius 1 is 1.40 bits per heavy atom. The van der Waals surface area contributed by atoms with Crippen molar-refractivity contribution in [3.8, 4) is 0 Å².